The highest BCUT2D eigenvalue weighted by atomic mass is 35.5. The van der Waals surface area contributed by atoms with Crippen LogP contribution in [0.2, 0.25) is 10.0 Å². The fraction of sp³-hybridized carbons (Fsp3) is 0.476. The highest BCUT2D eigenvalue weighted by Gasteiger charge is 2.37. The molecule has 0 saturated carbocycles. The quantitative estimate of drug-likeness (QED) is 0.650. The Labute approximate surface area is 185 Å². The SMILES string of the molecule is NC(Cc1ccc(Cl)c(Cl)c1)C(=O)N1CCCC1C(=O)NC1CCc2[nH]ncc2C1. The normalized spacial score (nSPS) is 21.9. The van der Waals surface area contributed by atoms with Gasteiger partial charge in [-0.15, -0.1) is 0 Å². The molecule has 1 fully saturated rings. The predicted octanol–water partition coefficient (Wildman–Crippen LogP) is 2.25. The number of nitrogens with two attached hydrogens (primary N) is 1. The second-order valence-electron chi connectivity index (χ2n) is 8.07. The van der Waals surface area contributed by atoms with E-state index >= 15 is 0 Å². The van der Waals surface area contributed by atoms with E-state index in [1.165, 1.54) is 0 Å². The molecule has 1 aliphatic carbocycles. The van der Waals surface area contributed by atoms with Crippen LogP contribution < -0.4 is 11.1 Å². The first-order chi connectivity index (χ1) is 14.4. The number of aryl methyl sites for hydroxylation is 1. The van der Waals surface area contributed by atoms with Gasteiger partial charge in [0.2, 0.25) is 11.8 Å². The number of amides is 2. The van der Waals surface area contributed by atoms with Crippen molar-refractivity contribution >= 4 is 35.0 Å². The van der Waals surface area contributed by atoms with E-state index in [4.69, 9.17) is 28.9 Å². The van der Waals surface area contributed by atoms with Gasteiger partial charge in [0.05, 0.1) is 22.3 Å². The van der Waals surface area contributed by atoms with E-state index in [0.717, 1.165) is 42.5 Å². The summed E-state index contributed by atoms with van der Waals surface area (Å²) in [5, 5.41) is 11.1. The van der Waals surface area contributed by atoms with Gasteiger partial charge in [-0.25, -0.2) is 0 Å². The van der Waals surface area contributed by atoms with Crippen LogP contribution in [-0.4, -0.2) is 51.6 Å². The summed E-state index contributed by atoms with van der Waals surface area (Å²) in [7, 11) is 0. The van der Waals surface area contributed by atoms with Gasteiger partial charge in [-0.2, -0.15) is 5.10 Å². The number of aromatic amines is 1. The number of rotatable bonds is 5. The molecular formula is C21H25Cl2N5O2. The number of halogens is 2. The van der Waals surface area contributed by atoms with Crippen LogP contribution in [-0.2, 0) is 28.9 Å². The molecular weight excluding hydrogens is 425 g/mol. The number of fused-ring (bicyclic) bond motifs is 1. The molecule has 2 amide bonds. The van der Waals surface area contributed by atoms with E-state index in [9.17, 15) is 9.59 Å². The topological polar surface area (TPSA) is 104 Å². The van der Waals surface area contributed by atoms with E-state index in [2.05, 4.69) is 15.5 Å². The average Bonchev–Trinajstić information content (AvgIpc) is 3.39. The van der Waals surface area contributed by atoms with Gasteiger partial charge >= 0.3 is 0 Å². The minimum Gasteiger partial charge on any atom is -0.351 e. The maximum Gasteiger partial charge on any atom is 0.243 e. The van der Waals surface area contributed by atoms with Gasteiger partial charge in [0.1, 0.15) is 6.04 Å². The van der Waals surface area contributed by atoms with Crippen LogP contribution in [0.15, 0.2) is 24.4 Å². The van der Waals surface area contributed by atoms with E-state index in [0.29, 0.717) is 29.4 Å². The second-order valence-corrected chi connectivity index (χ2v) is 8.89. The van der Waals surface area contributed by atoms with Crippen LogP contribution in [0.25, 0.3) is 0 Å². The third-order valence-corrected chi connectivity index (χ3v) is 6.70. The molecule has 1 aliphatic heterocycles. The molecule has 7 nitrogen and oxygen atoms in total. The van der Waals surface area contributed by atoms with Gasteiger partial charge in [0, 0.05) is 18.3 Å². The molecule has 3 atom stereocenters. The maximum atomic E-state index is 13.0. The van der Waals surface area contributed by atoms with Gasteiger partial charge in [-0.1, -0.05) is 29.3 Å². The number of carbonyl (C=O) groups excluding carboxylic acids is 2. The fourth-order valence-electron chi connectivity index (χ4n) is 4.36. The lowest BCUT2D eigenvalue weighted by Gasteiger charge is -2.29. The number of nitrogens with one attached hydrogen (secondary N) is 2. The van der Waals surface area contributed by atoms with Crippen molar-refractivity contribution in [3.8, 4) is 0 Å². The Kier molecular flexibility index (Phi) is 6.32. The van der Waals surface area contributed by atoms with Crippen molar-refractivity contribution < 1.29 is 9.59 Å². The number of likely N-dealkylation sites (tertiary alicyclic amines) is 1. The van der Waals surface area contributed by atoms with Crippen molar-refractivity contribution in [2.24, 2.45) is 5.73 Å². The van der Waals surface area contributed by atoms with Crippen LogP contribution in [0, 0.1) is 0 Å². The summed E-state index contributed by atoms with van der Waals surface area (Å²) < 4.78 is 0. The molecule has 0 radical (unpaired) electrons. The fourth-order valence-corrected chi connectivity index (χ4v) is 4.68. The van der Waals surface area contributed by atoms with Crippen molar-refractivity contribution in [3.63, 3.8) is 0 Å². The van der Waals surface area contributed by atoms with E-state index in [1.807, 2.05) is 12.3 Å². The Morgan fingerprint density at radius 3 is 2.93 bits per heavy atom. The Balaban J connectivity index is 1.36. The smallest absolute Gasteiger partial charge is 0.243 e. The Hall–Kier alpha value is -2.09. The first-order valence-electron chi connectivity index (χ1n) is 10.2. The molecule has 1 saturated heterocycles. The number of aromatic nitrogens is 2. The van der Waals surface area contributed by atoms with Crippen LogP contribution >= 0.6 is 23.2 Å². The molecule has 0 bridgehead atoms. The number of carbonyl (C=O) groups is 2. The first kappa shape index (κ1) is 21.2. The van der Waals surface area contributed by atoms with Crippen LogP contribution in [0.5, 0.6) is 0 Å². The third kappa shape index (κ3) is 4.48. The highest BCUT2D eigenvalue weighted by Crippen LogP contribution is 2.25. The van der Waals surface area contributed by atoms with Crippen molar-refractivity contribution in [2.75, 3.05) is 6.54 Å². The van der Waals surface area contributed by atoms with Crippen LogP contribution in [0.1, 0.15) is 36.1 Å². The minimum atomic E-state index is -0.737. The average molecular weight is 450 g/mol. The Bertz CT molecular complexity index is 947. The molecule has 0 spiro atoms. The van der Waals surface area contributed by atoms with Crippen molar-refractivity contribution in [1.29, 1.82) is 0 Å². The third-order valence-electron chi connectivity index (χ3n) is 5.96. The Morgan fingerprint density at radius 1 is 1.30 bits per heavy atom. The van der Waals surface area contributed by atoms with E-state index in [1.54, 1.807) is 17.0 Å². The van der Waals surface area contributed by atoms with Crippen LogP contribution in [0.4, 0.5) is 0 Å². The van der Waals surface area contributed by atoms with Crippen molar-refractivity contribution in [2.45, 2.75) is 56.7 Å². The lowest BCUT2D eigenvalue weighted by Crippen LogP contribution is -2.53. The monoisotopic (exact) mass is 449 g/mol. The summed E-state index contributed by atoms with van der Waals surface area (Å²) >= 11 is 12.0. The zero-order valence-corrected chi connectivity index (χ0v) is 18.0. The van der Waals surface area contributed by atoms with E-state index < -0.39 is 12.1 Å². The number of H-pyrrole nitrogens is 1. The van der Waals surface area contributed by atoms with Gasteiger partial charge in [-0.3, -0.25) is 14.7 Å². The predicted molar refractivity (Wildman–Crippen MR) is 115 cm³/mol. The number of hydrogen-bond donors (Lipinski definition) is 3. The summed E-state index contributed by atoms with van der Waals surface area (Å²) in [5.74, 6) is -0.306. The van der Waals surface area contributed by atoms with E-state index in [-0.39, 0.29) is 17.9 Å². The summed E-state index contributed by atoms with van der Waals surface area (Å²) in [6.07, 6.45) is 6.09. The molecule has 1 aromatic carbocycles. The number of benzene rings is 1. The van der Waals surface area contributed by atoms with Gasteiger partial charge in [0.25, 0.3) is 0 Å². The summed E-state index contributed by atoms with van der Waals surface area (Å²) in [6.45, 7) is 0.544. The molecule has 9 heteroatoms. The van der Waals surface area contributed by atoms with Gasteiger partial charge < -0.3 is 16.0 Å². The zero-order chi connectivity index (χ0) is 21.3. The molecule has 2 aromatic rings. The molecule has 4 N–H and O–H groups in total. The number of hydrogen-bond acceptors (Lipinski definition) is 4. The van der Waals surface area contributed by atoms with Gasteiger partial charge in [-0.05, 0) is 61.8 Å². The molecule has 160 valence electrons. The van der Waals surface area contributed by atoms with Gasteiger partial charge in [0.15, 0.2) is 0 Å². The largest absolute Gasteiger partial charge is 0.351 e. The molecule has 30 heavy (non-hydrogen) atoms. The highest BCUT2D eigenvalue weighted by molar-refractivity contribution is 6.42. The molecule has 4 rings (SSSR count). The van der Waals surface area contributed by atoms with Crippen molar-refractivity contribution in [3.05, 3.63) is 51.3 Å². The maximum absolute atomic E-state index is 13.0. The second kappa shape index (κ2) is 8.96. The Morgan fingerprint density at radius 2 is 2.13 bits per heavy atom. The lowest BCUT2D eigenvalue weighted by molar-refractivity contribution is -0.139. The molecule has 1 aromatic heterocycles. The number of nitrogens with zero attached hydrogens (tertiary/aromatic N) is 2. The molecule has 3 unspecified atom stereocenters. The van der Waals surface area contributed by atoms with Crippen molar-refractivity contribution in [1.82, 2.24) is 20.4 Å². The molecule has 2 heterocycles. The summed E-state index contributed by atoms with van der Waals surface area (Å²) in [5.41, 5.74) is 9.32. The zero-order valence-electron chi connectivity index (χ0n) is 16.5. The standard InChI is InChI=1S/C21H25Cl2N5O2/c22-15-5-3-12(8-16(15)23)9-17(24)21(30)28-7-1-2-19(28)20(29)26-14-4-6-18-13(10-14)11-25-27-18/h3,5,8,11,14,17,19H,1-2,4,6-7,9-10,24H2,(H,25,27)(H,26,29). The summed E-state index contributed by atoms with van der Waals surface area (Å²) in [6, 6.07) is 4.08. The lowest BCUT2D eigenvalue weighted by atomic mass is 9.93. The first-order valence-corrected chi connectivity index (χ1v) is 11.0. The van der Waals surface area contributed by atoms with Crippen LogP contribution in [0.3, 0.4) is 0 Å². The minimum absolute atomic E-state index is 0.0602. The molecule has 2 aliphatic rings. The summed E-state index contributed by atoms with van der Waals surface area (Å²) in [4.78, 5) is 27.6.